The van der Waals surface area contributed by atoms with Gasteiger partial charge in [-0.1, -0.05) is 0 Å². The molecule has 0 bridgehead atoms. The highest BCUT2D eigenvalue weighted by Crippen LogP contribution is 2.31. The van der Waals surface area contributed by atoms with Crippen molar-refractivity contribution in [1.82, 2.24) is 24.7 Å². The van der Waals surface area contributed by atoms with E-state index in [0.29, 0.717) is 30.7 Å². The number of hydrogen-bond donors (Lipinski definition) is 2. The first kappa shape index (κ1) is 15.7. The Hall–Kier alpha value is -2.80. The second kappa shape index (κ2) is 6.60. The lowest BCUT2D eigenvalue weighted by Crippen LogP contribution is -2.48. The zero-order valence-electron chi connectivity index (χ0n) is 13.6. The number of amides is 1. The number of rotatable bonds is 5. The Bertz CT molecular complexity index is 840. The van der Waals surface area contributed by atoms with Gasteiger partial charge in [0.2, 0.25) is 5.78 Å². The van der Waals surface area contributed by atoms with Crippen molar-refractivity contribution in [3.63, 3.8) is 0 Å². The molecule has 0 radical (unpaired) electrons. The zero-order chi connectivity index (χ0) is 17.2. The van der Waals surface area contributed by atoms with Gasteiger partial charge in [-0.25, -0.2) is 9.97 Å². The molecule has 7 nitrogen and oxygen atoms in total. The summed E-state index contributed by atoms with van der Waals surface area (Å²) in [5, 5.41) is 12.7. The molecule has 4 rings (SSSR count). The summed E-state index contributed by atoms with van der Waals surface area (Å²) in [5.41, 5.74) is 1.46. The van der Waals surface area contributed by atoms with Crippen molar-refractivity contribution in [2.24, 2.45) is 5.92 Å². The summed E-state index contributed by atoms with van der Waals surface area (Å²) >= 11 is 0. The molecule has 0 saturated heterocycles. The van der Waals surface area contributed by atoms with E-state index < -0.39 is 0 Å². The Morgan fingerprint density at radius 3 is 2.84 bits per heavy atom. The number of nitrogens with zero attached hydrogens (tertiary/aromatic N) is 4. The Morgan fingerprint density at radius 2 is 2.12 bits per heavy atom. The van der Waals surface area contributed by atoms with E-state index in [1.807, 2.05) is 18.3 Å². The third-order valence-electron chi connectivity index (χ3n) is 4.71. The van der Waals surface area contributed by atoms with E-state index in [2.05, 4.69) is 20.3 Å². The molecular weight excluding hydrogens is 318 g/mol. The Morgan fingerprint density at radius 1 is 1.32 bits per heavy atom. The number of fused-ring (bicyclic) bond motifs is 1. The van der Waals surface area contributed by atoms with Crippen LogP contribution in [0.4, 0.5) is 0 Å². The lowest BCUT2D eigenvalue weighted by atomic mass is 9.75. The van der Waals surface area contributed by atoms with Gasteiger partial charge in [0, 0.05) is 37.0 Å². The molecule has 0 spiro atoms. The highest BCUT2D eigenvalue weighted by Gasteiger charge is 2.35. The minimum absolute atomic E-state index is 0.0453. The van der Waals surface area contributed by atoms with Crippen molar-refractivity contribution in [3.05, 3.63) is 60.4 Å². The van der Waals surface area contributed by atoms with E-state index in [1.165, 1.54) is 0 Å². The molecule has 1 atom stereocenters. The van der Waals surface area contributed by atoms with Crippen molar-refractivity contribution in [2.75, 3.05) is 0 Å². The first-order valence-corrected chi connectivity index (χ1v) is 8.36. The number of aliphatic hydroxyl groups is 1. The Labute approximate surface area is 144 Å². The topological polar surface area (TPSA) is 92.4 Å². The van der Waals surface area contributed by atoms with Crippen LogP contribution in [0.1, 0.15) is 28.9 Å². The van der Waals surface area contributed by atoms with Gasteiger partial charge in [-0.05, 0) is 48.9 Å². The second-order valence-corrected chi connectivity index (χ2v) is 6.48. The third-order valence-corrected chi connectivity index (χ3v) is 4.71. The van der Waals surface area contributed by atoms with Crippen molar-refractivity contribution in [2.45, 2.75) is 31.4 Å². The van der Waals surface area contributed by atoms with Crippen molar-refractivity contribution < 1.29 is 9.90 Å². The van der Waals surface area contributed by atoms with Crippen LogP contribution >= 0.6 is 0 Å². The fourth-order valence-corrected chi connectivity index (χ4v) is 3.25. The van der Waals surface area contributed by atoms with E-state index in [9.17, 15) is 9.90 Å². The van der Waals surface area contributed by atoms with E-state index >= 15 is 0 Å². The molecule has 1 saturated carbocycles. The predicted molar refractivity (Wildman–Crippen MR) is 90.9 cm³/mol. The number of nitrogens with one attached hydrogen (secondary N) is 1. The molecule has 3 aromatic rings. The molecule has 1 fully saturated rings. The minimum Gasteiger partial charge on any atom is -0.393 e. The third kappa shape index (κ3) is 3.36. The molecular formula is C18H19N5O2. The van der Waals surface area contributed by atoms with Gasteiger partial charge in [0.25, 0.3) is 5.91 Å². The number of aromatic nitrogens is 4. The first-order chi connectivity index (χ1) is 12.2. The van der Waals surface area contributed by atoms with Crippen molar-refractivity contribution in [3.8, 4) is 0 Å². The molecule has 2 N–H and O–H groups in total. The normalized spacial score (nSPS) is 20.8. The van der Waals surface area contributed by atoms with Crippen LogP contribution in [0.25, 0.3) is 5.78 Å². The SMILES string of the molecule is O=C(N[C@@H](Cc1ccncc1)C1CC(O)C1)c1cn2cccnc2n1. The smallest absolute Gasteiger partial charge is 0.271 e. The predicted octanol–water partition coefficient (Wildman–Crippen LogP) is 1.24. The monoisotopic (exact) mass is 337 g/mol. The van der Waals surface area contributed by atoms with Gasteiger partial charge in [0.15, 0.2) is 0 Å². The minimum atomic E-state index is -0.263. The highest BCUT2D eigenvalue weighted by molar-refractivity contribution is 5.93. The van der Waals surface area contributed by atoms with E-state index in [0.717, 1.165) is 5.56 Å². The quantitative estimate of drug-likeness (QED) is 0.731. The van der Waals surface area contributed by atoms with Crippen LogP contribution in [0.5, 0.6) is 0 Å². The van der Waals surface area contributed by atoms with Crippen molar-refractivity contribution in [1.29, 1.82) is 0 Å². The van der Waals surface area contributed by atoms with Crippen LogP contribution in [-0.2, 0) is 6.42 Å². The zero-order valence-corrected chi connectivity index (χ0v) is 13.6. The van der Waals surface area contributed by atoms with E-state index in [4.69, 9.17) is 0 Å². The standard InChI is InChI=1S/C18H19N5O2/c24-14-9-13(10-14)15(8-12-2-5-19-6-3-12)21-17(25)16-11-23-7-1-4-20-18(23)22-16/h1-7,11,13-15,24H,8-10H2,(H,21,25)/t13?,14?,15-/m0/s1. The number of pyridine rings is 1. The molecule has 25 heavy (non-hydrogen) atoms. The van der Waals surface area contributed by atoms with Gasteiger partial charge in [-0.15, -0.1) is 0 Å². The second-order valence-electron chi connectivity index (χ2n) is 6.48. The van der Waals surface area contributed by atoms with Gasteiger partial charge >= 0.3 is 0 Å². The van der Waals surface area contributed by atoms with E-state index in [1.54, 1.807) is 35.3 Å². The highest BCUT2D eigenvalue weighted by atomic mass is 16.3. The largest absolute Gasteiger partial charge is 0.393 e. The fraction of sp³-hybridized carbons (Fsp3) is 0.333. The summed E-state index contributed by atoms with van der Waals surface area (Å²) in [6, 6.07) is 5.64. The van der Waals surface area contributed by atoms with Gasteiger partial charge in [-0.2, -0.15) is 0 Å². The van der Waals surface area contributed by atoms with Crippen LogP contribution in [-0.4, -0.2) is 42.5 Å². The van der Waals surface area contributed by atoms with Gasteiger partial charge < -0.3 is 10.4 Å². The summed E-state index contributed by atoms with van der Waals surface area (Å²) in [5.74, 6) is 0.547. The van der Waals surface area contributed by atoms with Gasteiger partial charge in [0.1, 0.15) is 5.69 Å². The molecule has 7 heteroatoms. The maximum atomic E-state index is 12.7. The number of carbonyl (C=O) groups excluding carboxylic acids is 1. The maximum absolute atomic E-state index is 12.7. The first-order valence-electron chi connectivity index (χ1n) is 8.36. The molecule has 0 aliphatic heterocycles. The lowest BCUT2D eigenvalue weighted by Gasteiger charge is -2.38. The Balaban J connectivity index is 1.51. The maximum Gasteiger partial charge on any atom is 0.271 e. The molecule has 1 aliphatic carbocycles. The van der Waals surface area contributed by atoms with Crippen LogP contribution in [0.2, 0.25) is 0 Å². The molecule has 3 heterocycles. The van der Waals surface area contributed by atoms with Crippen molar-refractivity contribution >= 4 is 11.7 Å². The summed E-state index contributed by atoms with van der Waals surface area (Å²) in [7, 11) is 0. The van der Waals surface area contributed by atoms with Gasteiger partial charge in [-0.3, -0.25) is 14.2 Å². The van der Waals surface area contributed by atoms with Crippen LogP contribution in [0, 0.1) is 5.92 Å². The molecule has 1 aliphatic rings. The number of imidazole rings is 1. The molecule has 1 amide bonds. The Kier molecular flexibility index (Phi) is 4.15. The average molecular weight is 337 g/mol. The van der Waals surface area contributed by atoms with E-state index in [-0.39, 0.29) is 24.0 Å². The lowest BCUT2D eigenvalue weighted by molar-refractivity contribution is 0.0239. The molecule has 128 valence electrons. The summed E-state index contributed by atoms with van der Waals surface area (Å²) < 4.78 is 1.72. The average Bonchev–Trinajstić information content (AvgIpc) is 3.04. The molecule has 0 unspecified atom stereocenters. The van der Waals surface area contributed by atoms with Crippen LogP contribution in [0.3, 0.4) is 0 Å². The van der Waals surface area contributed by atoms with Crippen LogP contribution in [0.15, 0.2) is 49.2 Å². The number of carbonyl (C=O) groups is 1. The summed E-state index contributed by atoms with van der Waals surface area (Å²) in [6.45, 7) is 0. The van der Waals surface area contributed by atoms with Crippen LogP contribution < -0.4 is 5.32 Å². The summed E-state index contributed by atoms with van der Waals surface area (Å²) in [4.78, 5) is 25.1. The number of aliphatic hydroxyl groups excluding tert-OH is 1. The molecule has 3 aromatic heterocycles. The van der Waals surface area contributed by atoms with Gasteiger partial charge in [0.05, 0.1) is 6.10 Å². The number of hydrogen-bond acceptors (Lipinski definition) is 5. The fourth-order valence-electron chi connectivity index (χ4n) is 3.25. The summed E-state index contributed by atoms with van der Waals surface area (Å²) in [6.07, 6.45) is 10.5. The molecule has 0 aromatic carbocycles.